The number of alkyl halides is 3. The van der Waals surface area contributed by atoms with Crippen molar-refractivity contribution in [3.8, 4) is 11.8 Å². The molecule has 4 nitrogen and oxygen atoms in total. The van der Waals surface area contributed by atoms with Crippen molar-refractivity contribution in [3.05, 3.63) is 65.7 Å². The first-order valence-electron chi connectivity index (χ1n) is 10.9. The quantitative estimate of drug-likeness (QED) is 0.662. The number of benzene rings is 2. The van der Waals surface area contributed by atoms with Crippen molar-refractivity contribution in [2.75, 3.05) is 44.2 Å². The van der Waals surface area contributed by atoms with Gasteiger partial charge in [0.1, 0.15) is 0 Å². The van der Waals surface area contributed by atoms with E-state index in [9.17, 15) is 18.0 Å². The lowest BCUT2D eigenvalue weighted by molar-refractivity contribution is -0.137. The number of hydrogen-bond donors (Lipinski definition) is 0. The number of anilines is 1. The fourth-order valence-corrected chi connectivity index (χ4v) is 4.39. The Labute approximate surface area is 186 Å². The Bertz CT molecular complexity index is 989. The second-order valence-electron chi connectivity index (χ2n) is 8.23. The van der Waals surface area contributed by atoms with E-state index < -0.39 is 11.7 Å². The maximum atomic E-state index is 13.0. The van der Waals surface area contributed by atoms with Crippen LogP contribution >= 0.6 is 0 Å². The van der Waals surface area contributed by atoms with Crippen molar-refractivity contribution in [1.29, 1.82) is 0 Å². The van der Waals surface area contributed by atoms with Crippen LogP contribution in [0.5, 0.6) is 0 Å². The summed E-state index contributed by atoms with van der Waals surface area (Å²) in [7, 11) is 0. The van der Waals surface area contributed by atoms with Crippen LogP contribution in [0.15, 0.2) is 54.6 Å². The number of rotatable bonds is 2. The van der Waals surface area contributed by atoms with E-state index in [0.29, 0.717) is 31.9 Å². The lowest BCUT2D eigenvalue weighted by Gasteiger charge is -2.43. The molecule has 2 aliphatic rings. The van der Waals surface area contributed by atoms with Crippen LogP contribution in [-0.2, 0) is 11.0 Å². The summed E-state index contributed by atoms with van der Waals surface area (Å²) in [5, 5.41) is 0. The predicted octanol–water partition coefficient (Wildman–Crippen LogP) is 3.87. The molecule has 0 aromatic heterocycles. The third-order valence-corrected chi connectivity index (χ3v) is 6.14. The number of halogens is 3. The molecule has 0 radical (unpaired) electrons. The maximum absolute atomic E-state index is 13.0. The van der Waals surface area contributed by atoms with Gasteiger partial charge >= 0.3 is 6.18 Å². The normalized spacial score (nSPS) is 19.9. The van der Waals surface area contributed by atoms with Gasteiger partial charge < -0.3 is 9.80 Å². The fraction of sp³-hybridized carbons (Fsp3) is 0.400. The van der Waals surface area contributed by atoms with Crippen LogP contribution in [0.4, 0.5) is 18.9 Å². The summed E-state index contributed by atoms with van der Waals surface area (Å²) in [6.45, 7) is 4.21. The van der Waals surface area contributed by atoms with Gasteiger partial charge in [-0.3, -0.25) is 9.69 Å². The van der Waals surface area contributed by atoms with Gasteiger partial charge in [-0.25, -0.2) is 0 Å². The first-order chi connectivity index (χ1) is 15.4. The summed E-state index contributed by atoms with van der Waals surface area (Å²) < 4.78 is 39.1. The fourth-order valence-electron chi connectivity index (χ4n) is 4.39. The van der Waals surface area contributed by atoms with Crippen molar-refractivity contribution in [1.82, 2.24) is 9.80 Å². The van der Waals surface area contributed by atoms with E-state index in [1.165, 1.54) is 12.1 Å². The Balaban J connectivity index is 1.33. The Morgan fingerprint density at radius 2 is 1.69 bits per heavy atom. The zero-order valence-electron chi connectivity index (χ0n) is 17.8. The summed E-state index contributed by atoms with van der Waals surface area (Å²) >= 11 is 0. The third kappa shape index (κ3) is 5.43. The van der Waals surface area contributed by atoms with Crippen LogP contribution in [0, 0.1) is 11.8 Å². The van der Waals surface area contributed by atoms with E-state index in [4.69, 9.17) is 0 Å². The molecule has 2 aliphatic heterocycles. The van der Waals surface area contributed by atoms with Crippen LogP contribution in [-0.4, -0.2) is 61.0 Å². The standard InChI is InChI=1S/C25H26F3N3O/c26-25(27,28)21-8-4-9-22(18-21)29-14-16-30(17-15-29)23-10-5-13-31(19-23)24(32)12-11-20-6-2-1-3-7-20/h1-4,6-9,18,23H,5,10,13-17,19H2/t23-/m0/s1. The molecule has 4 rings (SSSR count). The van der Waals surface area contributed by atoms with E-state index in [1.54, 1.807) is 6.07 Å². The Hall–Kier alpha value is -2.98. The van der Waals surface area contributed by atoms with Gasteiger partial charge in [0.2, 0.25) is 0 Å². The molecule has 0 aliphatic carbocycles. The summed E-state index contributed by atoms with van der Waals surface area (Å²) in [4.78, 5) is 18.8. The van der Waals surface area contributed by atoms with E-state index in [0.717, 1.165) is 37.6 Å². The van der Waals surface area contributed by atoms with Crippen molar-refractivity contribution in [2.45, 2.75) is 25.1 Å². The molecule has 0 saturated carbocycles. The molecule has 168 valence electrons. The molecule has 2 aromatic carbocycles. The van der Waals surface area contributed by atoms with Crippen LogP contribution in [0.25, 0.3) is 0 Å². The highest BCUT2D eigenvalue weighted by Gasteiger charge is 2.32. The second-order valence-corrected chi connectivity index (χ2v) is 8.23. The molecule has 2 aromatic rings. The SMILES string of the molecule is O=C(C#Cc1ccccc1)N1CCC[C@H](N2CCN(c3cccc(C(F)(F)F)c3)CC2)C1. The van der Waals surface area contributed by atoms with Gasteiger partial charge in [0.05, 0.1) is 5.56 Å². The van der Waals surface area contributed by atoms with Gasteiger partial charge in [-0.2, -0.15) is 13.2 Å². The lowest BCUT2D eigenvalue weighted by atomic mass is 10.0. The summed E-state index contributed by atoms with van der Waals surface area (Å²) in [6, 6.07) is 15.2. The number of likely N-dealkylation sites (tertiary alicyclic amines) is 1. The molecule has 0 bridgehead atoms. The molecular formula is C25H26F3N3O. The van der Waals surface area contributed by atoms with Gasteiger partial charge in [-0.1, -0.05) is 30.2 Å². The number of carbonyl (C=O) groups excluding carboxylic acids is 1. The summed E-state index contributed by atoms with van der Waals surface area (Å²) in [5.41, 5.74) is 0.812. The number of piperidine rings is 1. The van der Waals surface area contributed by atoms with Gasteiger partial charge in [0.15, 0.2) is 0 Å². The zero-order chi connectivity index (χ0) is 22.6. The topological polar surface area (TPSA) is 26.8 Å². The summed E-state index contributed by atoms with van der Waals surface area (Å²) in [5.74, 6) is 5.54. The zero-order valence-corrected chi connectivity index (χ0v) is 17.8. The van der Waals surface area contributed by atoms with E-state index in [-0.39, 0.29) is 11.9 Å². The molecule has 0 spiro atoms. The average molecular weight is 441 g/mol. The lowest BCUT2D eigenvalue weighted by Crippen LogP contribution is -2.55. The predicted molar refractivity (Wildman–Crippen MR) is 118 cm³/mol. The number of piperazine rings is 1. The highest BCUT2D eigenvalue weighted by Crippen LogP contribution is 2.32. The number of hydrogen-bond acceptors (Lipinski definition) is 3. The van der Waals surface area contributed by atoms with E-state index in [2.05, 4.69) is 16.7 Å². The molecule has 2 heterocycles. The highest BCUT2D eigenvalue weighted by atomic mass is 19.4. The van der Waals surface area contributed by atoms with Crippen molar-refractivity contribution in [2.24, 2.45) is 0 Å². The van der Waals surface area contributed by atoms with Gasteiger partial charge in [0.25, 0.3) is 5.91 Å². The largest absolute Gasteiger partial charge is 0.416 e. The molecule has 7 heteroatoms. The molecule has 1 amide bonds. The number of amides is 1. The minimum Gasteiger partial charge on any atom is -0.369 e. The van der Waals surface area contributed by atoms with Gasteiger partial charge in [-0.05, 0) is 43.2 Å². The molecule has 2 fully saturated rings. The molecule has 2 saturated heterocycles. The van der Waals surface area contributed by atoms with Crippen molar-refractivity contribution in [3.63, 3.8) is 0 Å². The van der Waals surface area contributed by atoms with E-state index >= 15 is 0 Å². The van der Waals surface area contributed by atoms with Crippen LogP contribution < -0.4 is 4.90 Å². The van der Waals surface area contributed by atoms with Crippen LogP contribution in [0.2, 0.25) is 0 Å². The van der Waals surface area contributed by atoms with E-state index in [1.807, 2.05) is 40.1 Å². The van der Waals surface area contributed by atoms with Crippen LogP contribution in [0.3, 0.4) is 0 Å². The van der Waals surface area contributed by atoms with Gasteiger partial charge in [-0.15, -0.1) is 0 Å². The van der Waals surface area contributed by atoms with Crippen molar-refractivity contribution < 1.29 is 18.0 Å². The molecule has 1 atom stereocenters. The smallest absolute Gasteiger partial charge is 0.369 e. The number of nitrogens with zero attached hydrogens (tertiary/aromatic N) is 3. The highest BCUT2D eigenvalue weighted by molar-refractivity contribution is 5.94. The molecule has 32 heavy (non-hydrogen) atoms. The van der Waals surface area contributed by atoms with Crippen LogP contribution in [0.1, 0.15) is 24.0 Å². The average Bonchev–Trinajstić information content (AvgIpc) is 2.83. The van der Waals surface area contributed by atoms with Gasteiger partial charge in [0, 0.05) is 62.5 Å². The Morgan fingerprint density at radius 1 is 0.938 bits per heavy atom. The first-order valence-corrected chi connectivity index (χ1v) is 10.9. The third-order valence-electron chi connectivity index (χ3n) is 6.14. The second kappa shape index (κ2) is 9.66. The maximum Gasteiger partial charge on any atom is 0.416 e. The Kier molecular flexibility index (Phi) is 6.71. The minimum absolute atomic E-state index is 0.152. The molecular weight excluding hydrogens is 415 g/mol. The monoisotopic (exact) mass is 441 g/mol. The number of carbonyl (C=O) groups is 1. The molecule has 0 unspecified atom stereocenters. The first kappa shape index (κ1) is 22.2. The minimum atomic E-state index is -4.33. The molecule has 0 N–H and O–H groups in total. The Morgan fingerprint density at radius 3 is 2.41 bits per heavy atom. The summed E-state index contributed by atoms with van der Waals surface area (Å²) in [6.07, 6.45) is -2.39. The van der Waals surface area contributed by atoms with Crippen molar-refractivity contribution >= 4 is 11.6 Å².